The van der Waals surface area contributed by atoms with Crippen LogP contribution in [0.3, 0.4) is 0 Å². The van der Waals surface area contributed by atoms with E-state index < -0.39 is 0 Å². The lowest BCUT2D eigenvalue weighted by atomic mass is 9.98. The molecule has 0 amide bonds. The number of nitrogens with zero attached hydrogens (tertiary/aromatic N) is 1. The first-order valence-corrected chi connectivity index (χ1v) is 9.00. The van der Waals surface area contributed by atoms with Crippen LogP contribution in [0.2, 0.25) is 0 Å². The third kappa shape index (κ3) is 2.65. The highest BCUT2D eigenvalue weighted by Crippen LogP contribution is 2.42. The zero-order valence-electron chi connectivity index (χ0n) is 12.6. The Hall–Kier alpha value is -1.19. The fourth-order valence-corrected chi connectivity index (χ4v) is 4.54. The molecule has 1 aromatic carbocycles. The van der Waals surface area contributed by atoms with E-state index in [1.165, 1.54) is 52.4 Å². The number of nitrogens with one attached hydrogen (secondary N) is 1. The lowest BCUT2D eigenvalue weighted by molar-refractivity contribution is 0.476. The van der Waals surface area contributed by atoms with Crippen LogP contribution >= 0.6 is 11.3 Å². The van der Waals surface area contributed by atoms with Crippen LogP contribution in [0, 0.1) is 0 Å². The maximum atomic E-state index is 4.95. The van der Waals surface area contributed by atoms with Gasteiger partial charge >= 0.3 is 0 Å². The van der Waals surface area contributed by atoms with E-state index in [9.17, 15) is 0 Å². The number of rotatable bonds is 4. The van der Waals surface area contributed by atoms with Gasteiger partial charge in [-0.2, -0.15) is 0 Å². The minimum absolute atomic E-state index is 0.525. The van der Waals surface area contributed by atoms with E-state index in [2.05, 4.69) is 36.5 Å². The van der Waals surface area contributed by atoms with Gasteiger partial charge in [0, 0.05) is 16.5 Å². The summed E-state index contributed by atoms with van der Waals surface area (Å²) in [6.07, 6.45) is 6.39. The second-order valence-corrected chi connectivity index (χ2v) is 7.26. The molecule has 3 heteroatoms. The van der Waals surface area contributed by atoms with Crippen molar-refractivity contribution < 1.29 is 0 Å². The Morgan fingerprint density at radius 2 is 2.19 bits per heavy atom. The number of aromatic nitrogens is 1. The summed E-state index contributed by atoms with van der Waals surface area (Å²) in [6, 6.07) is 9.58. The van der Waals surface area contributed by atoms with Crippen LogP contribution in [0.1, 0.15) is 60.7 Å². The highest BCUT2D eigenvalue weighted by atomic mass is 32.1. The van der Waals surface area contributed by atoms with Crippen molar-refractivity contribution in [3.63, 3.8) is 0 Å². The zero-order chi connectivity index (χ0) is 14.2. The Morgan fingerprint density at radius 3 is 3.00 bits per heavy atom. The zero-order valence-corrected chi connectivity index (χ0v) is 13.4. The van der Waals surface area contributed by atoms with Crippen molar-refractivity contribution in [3.05, 3.63) is 40.4 Å². The van der Waals surface area contributed by atoms with Crippen molar-refractivity contribution >= 4 is 11.3 Å². The number of thiazole rings is 1. The molecule has 1 N–H and O–H groups in total. The number of aryl methyl sites for hydroxylation is 1. The SMILES string of the molecule is CCNC1CCCc2nc(-c3cccc(C4CC4)c3)sc21. The molecule has 1 aromatic heterocycles. The average molecular weight is 298 g/mol. The second-order valence-electron chi connectivity index (χ2n) is 6.23. The summed E-state index contributed by atoms with van der Waals surface area (Å²) in [5.41, 5.74) is 4.15. The van der Waals surface area contributed by atoms with Gasteiger partial charge in [-0.05, 0) is 56.2 Å². The van der Waals surface area contributed by atoms with Gasteiger partial charge in [0.1, 0.15) is 5.01 Å². The molecule has 2 nitrogen and oxygen atoms in total. The van der Waals surface area contributed by atoms with Gasteiger partial charge in [0.15, 0.2) is 0 Å². The van der Waals surface area contributed by atoms with Gasteiger partial charge in [-0.15, -0.1) is 11.3 Å². The molecule has 110 valence electrons. The summed E-state index contributed by atoms with van der Waals surface area (Å²) >= 11 is 1.90. The van der Waals surface area contributed by atoms with Gasteiger partial charge in [-0.25, -0.2) is 4.98 Å². The van der Waals surface area contributed by atoms with Crippen LogP contribution in [0.4, 0.5) is 0 Å². The van der Waals surface area contributed by atoms with Crippen molar-refractivity contribution in [2.75, 3.05) is 6.54 Å². The fraction of sp³-hybridized carbons (Fsp3) is 0.500. The summed E-state index contributed by atoms with van der Waals surface area (Å²) in [4.78, 5) is 6.43. The van der Waals surface area contributed by atoms with E-state index >= 15 is 0 Å². The van der Waals surface area contributed by atoms with Crippen LogP contribution in [-0.4, -0.2) is 11.5 Å². The molecule has 0 bridgehead atoms. The van der Waals surface area contributed by atoms with E-state index in [0.29, 0.717) is 6.04 Å². The Labute approximate surface area is 130 Å². The Morgan fingerprint density at radius 1 is 1.29 bits per heavy atom. The predicted octanol–water partition coefficient (Wildman–Crippen LogP) is 4.67. The van der Waals surface area contributed by atoms with Crippen LogP contribution in [0.25, 0.3) is 10.6 Å². The average Bonchev–Trinajstić information content (AvgIpc) is 3.27. The van der Waals surface area contributed by atoms with Crippen molar-refractivity contribution in [2.45, 2.75) is 51.0 Å². The first-order chi connectivity index (χ1) is 10.3. The molecule has 1 unspecified atom stereocenters. The molecule has 0 saturated heterocycles. The lowest BCUT2D eigenvalue weighted by Crippen LogP contribution is -2.23. The number of fused-ring (bicyclic) bond motifs is 1. The van der Waals surface area contributed by atoms with Crippen molar-refractivity contribution in [3.8, 4) is 10.6 Å². The van der Waals surface area contributed by atoms with Gasteiger partial charge in [0.2, 0.25) is 0 Å². The molecule has 1 saturated carbocycles. The van der Waals surface area contributed by atoms with Crippen LogP contribution in [0.15, 0.2) is 24.3 Å². The maximum Gasteiger partial charge on any atom is 0.123 e. The van der Waals surface area contributed by atoms with E-state index in [1.54, 1.807) is 0 Å². The number of hydrogen-bond donors (Lipinski definition) is 1. The van der Waals surface area contributed by atoms with Gasteiger partial charge in [-0.3, -0.25) is 0 Å². The molecule has 2 aliphatic rings. The molecule has 1 fully saturated rings. The highest BCUT2D eigenvalue weighted by molar-refractivity contribution is 7.15. The quantitative estimate of drug-likeness (QED) is 0.887. The monoisotopic (exact) mass is 298 g/mol. The molecule has 2 aliphatic carbocycles. The third-order valence-electron chi connectivity index (χ3n) is 4.58. The van der Waals surface area contributed by atoms with Crippen molar-refractivity contribution in [1.29, 1.82) is 0 Å². The maximum absolute atomic E-state index is 4.95. The summed E-state index contributed by atoms with van der Waals surface area (Å²) in [5, 5.41) is 4.83. The lowest BCUT2D eigenvalue weighted by Gasteiger charge is -2.21. The van der Waals surface area contributed by atoms with E-state index in [0.717, 1.165) is 18.9 Å². The van der Waals surface area contributed by atoms with E-state index in [-0.39, 0.29) is 0 Å². The standard InChI is InChI=1S/C18H22N2S/c1-2-19-15-7-4-8-16-17(15)21-18(20-16)14-6-3-5-13(11-14)12-9-10-12/h3,5-6,11-12,15,19H,2,4,7-10H2,1H3. The summed E-state index contributed by atoms with van der Waals surface area (Å²) in [7, 11) is 0. The third-order valence-corrected chi connectivity index (χ3v) is 5.84. The first kappa shape index (κ1) is 13.5. The smallest absolute Gasteiger partial charge is 0.123 e. The molecule has 0 spiro atoms. The minimum atomic E-state index is 0.525. The Balaban J connectivity index is 1.68. The summed E-state index contributed by atoms with van der Waals surface area (Å²) in [6.45, 7) is 3.23. The van der Waals surface area contributed by atoms with Gasteiger partial charge < -0.3 is 5.32 Å². The molecule has 0 aliphatic heterocycles. The predicted molar refractivity (Wildman–Crippen MR) is 88.9 cm³/mol. The summed E-state index contributed by atoms with van der Waals surface area (Å²) in [5.74, 6) is 0.814. The van der Waals surface area contributed by atoms with Gasteiger partial charge in [0.05, 0.1) is 5.69 Å². The van der Waals surface area contributed by atoms with Gasteiger partial charge in [0.25, 0.3) is 0 Å². The molecule has 21 heavy (non-hydrogen) atoms. The van der Waals surface area contributed by atoms with Crippen LogP contribution in [0.5, 0.6) is 0 Å². The highest BCUT2D eigenvalue weighted by Gasteiger charge is 2.26. The first-order valence-electron chi connectivity index (χ1n) is 8.18. The molecule has 1 heterocycles. The minimum Gasteiger partial charge on any atom is -0.309 e. The summed E-state index contributed by atoms with van der Waals surface area (Å²) < 4.78 is 0. The normalized spacial score (nSPS) is 21.3. The molecular weight excluding hydrogens is 276 g/mol. The molecule has 1 atom stereocenters. The largest absolute Gasteiger partial charge is 0.309 e. The second kappa shape index (κ2) is 5.54. The topological polar surface area (TPSA) is 24.9 Å². The molecule has 2 aromatic rings. The van der Waals surface area contributed by atoms with Crippen molar-refractivity contribution in [1.82, 2.24) is 10.3 Å². The molecular formula is C18H22N2S. The van der Waals surface area contributed by atoms with Crippen molar-refractivity contribution in [2.24, 2.45) is 0 Å². The number of benzene rings is 1. The number of hydrogen-bond acceptors (Lipinski definition) is 3. The molecule has 4 rings (SSSR count). The van der Waals surface area contributed by atoms with E-state index in [4.69, 9.17) is 4.98 Å². The van der Waals surface area contributed by atoms with E-state index in [1.807, 2.05) is 11.3 Å². The van der Waals surface area contributed by atoms with Crippen LogP contribution in [-0.2, 0) is 6.42 Å². The Kier molecular flexibility index (Phi) is 3.56. The Bertz CT molecular complexity index is 642. The van der Waals surface area contributed by atoms with Gasteiger partial charge in [-0.1, -0.05) is 25.1 Å². The molecule has 0 radical (unpaired) electrons. The fourth-order valence-electron chi connectivity index (χ4n) is 3.33. The van der Waals surface area contributed by atoms with Crippen LogP contribution < -0.4 is 5.32 Å².